The summed E-state index contributed by atoms with van der Waals surface area (Å²) in [6.45, 7) is 4.45. The topological polar surface area (TPSA) is 40.2 Å². The van der Waals surface area contributed by atoms with E-state index in [1.54, 1.807) is 0 Å². The van der Waals surface area contributed by atoms with Gasteiger partial charge >= 0.3 is 7.32 Å². The molecule has 2 bridgehead atoms. The molecule has 0 radical (unpaired) electrons. The van der Waals surface area contributed by atoms with Crippen LogP contribution in [0, 0.1) is 0 Å². The molecule has 5 nitrogen and oxygen atoms in total. The van der Waals surface area contributed by atoms with Crippen molar-refractivity contribution in [3.8, 4) is 5.75 Å². The van der Waals surface area contributed by atoms with Crippen LogP contribution in [0.15, 0.2) is 28.7 Å². The summed E-state index contributed by atoms with van der Waals surface area (Å²) >= 11 is 3.40. The van der Waals surface area contributed by atoms with Gasteiger partial charge in [-0.3, -0.25) is 4.90 Å². The Kier molecular flexibility index (Phi) is 4.96. The van der Waals surface area contributed by atoms with E-state index in [0.717, 1.165) is 29.9 Å². The first-order valence-electron chi connectivity index (χ1n) is 6.79. The summed E-state index contributed by atoms with van der Waals surface area (Å²) in [5, 5.41) is 0. The van der Waals surface area contributed by atoms with Crippen molar-refractivity contribution in [2.24, 2.45) is 0 Å². The smallest absolute Gasteiger partial charge is 0.491 e. The van der Waals surface area contributed by atoms with Gasteiger partial charge in [0.1, 0.15) is 12.4 Å². The van der Waals surface area contributed by atoms with Gasteiger partial charge in [-0.25, -0.2) is 0 Å². The maximum absolute atomic E-state index is 5.79. The van der Waals surface area contributed by atoms with Crippen LogP contribution in [0.3, 0.4) is 0 Å². The van der Waals surface area contributed by atoms with E-state index in [2.05, 4.69) is 20.8 Å². The van der Waals surface area contributed by atoms with E-state index in [0.29, 0.717) is 19.8 Å². The predicted molar refractivity (Wildman–Crippen MR) is 78.6 cm³/mol. The SMILES string of the molecule is Brc1ccc(OCC2CN3CCOB(OCC3)O2)cc1. The highest BCUT2D eigenvalue weighted by Crippen LogP contribution is 2.17. The number of rotatable bonds is 3. The molecule has 7 heteroatoms. The number of fused-ring (bicyclic) bond motifs is 6. The Morgan fingerprint density at radius 1 is 1.20 bits per heavy atom. The third kappa shape index (κ3) is 3.96. The van der Waals surface area contributed by atoms with E-state index in [-0.39, 0.29) is 6.10 Å². The Bertz CT molecular complexity index is 409. The maximum Gasteiger partial charge on any atom is 0.639 e. The average molecular weight is 342 g/mol. The second kappa shape index (κ2) is 6.91. The van der Waals surface area contributed by atoms with Gasteiger partial charge < -0.3 is 18.7 Å². The van der Waals surface area contributed by atoms with Crippen molar-refractivity contribution >= 4 is 23.3 Å². The Hall–Kier alpha value is -0.595. The van der Waals surface area contributed by atoms with Crippen LogP contribution in [0.1, 0.15) is 0 Å². The summed E-state index contributed by atoms with van der Waals surface area (Å²) in [4.78, 5) is 2.28. The van der Waals surface area contributed by atoms with Crippen molar-refractivity contribution < 1.29 is 18.7 Å². The third-order valence-corrected chi connectivity index (χ3v) is 3.87. The summed E-state index contributed by atoms with van der Waals surface area (Å²) in [5.41, 5.74) is 0. The first-order chi connectivity index (χ1) is 9.79. The quantitative estimate of drug-likeness (QED) is 0.780. The molecule has 4 rings (SSSR count). The molecule has 1 atom stereocenters. The zero-order valence-corrected chi connectivity index (χ0v) is 12.8. The minimum absolute atomic E-state index is 0.0516. The van der Waals surface area contributed by atoms with Crippen molar-refractivity contribution in [2.75, 3.05) is 39.5 Å². The van der Waals surface area contributed by atoms with E-state index in [1.807, 2.05) is 24.3 Å². The molecule has 0 aromatic heterocycles. The van der Waals surface area contributed by atoms with Crippen molar-refractivity contribution in [1.29, 1.82) is 0 Å². The van der Waals surface area contributed by atoms with Crippen molar-refractivity contribution in [2.45, 2.75) is 6.10 Å². The van der Waals surface area contributed by atoms with Gasteiger partial charge in [0.05, 0.1) is 6.10 Å². The summed E-state index contributed by atoms with van der Waals surface area (Å²) in [6, 6.07) is 7.78. The number of ether oxygens (including phenoxy) is 1. The van der Waals surface area contributed by atoms with Crippen molar-refractivity contribution in [3.63, 3.8) is 0 Å². The zero-order chi connectivity index (χ0) is 13.8. The van der Waals surface area contributed by atoms with Crippen LogP contribution >= 0.6 is 15.9 Å². The lowest BCUT2D eigenvalue weighted by Gasteiger charge is -2.34. The lowest BCUT2D eigenvalue weighted by atomic mass is 10.1. The maximum atomic E-state index is 5.79. The van der Waals surface area contributed by atoms with Gasteiger partial charge in [-0.2, -0.15) is 0 Å². The standard InChI is InChI=1S/C13H17BBrNO4/c15-11-1-3-12(4-2-11)17-10-13-9-16-5-7-18-14(20-13)19-8-6-16/h1-4,13H,5-10H2. The third-order valence-electron chi connectivity index (χ3n) is 3.34. The molecule has 0 spiro atoms. The lowest BCUT2D eigenvalue weighted by Crippen LogP contribution is -2.51. The molecule has 108 valence electrons. The van der Waals surface area contributed by atoms with Crippen LogP contribution in [-0.4, -0.2) is 57.8 Å². The minimum atomic E-state index is -0.559. The Labute approximate surface area is 127 Å². The van der Waals surface area contributed by atoms with Gasteiger partial charge in [0.15, 0.2) is 0 Å². The Morgan fingerprint density at radius 3 is 2.60 bits per heavy atom. The molecule has 1 unspecified atom stereocenters. The highest BCUT2D eigenvalue weighted by atomic mass is 79.9. The molecule has 1 aromatic carbocycles. The molecule has 0 aliphatic carbocycles. The first-order valence-corrected chi connectivity index (χ1v) is 7.58. The second-order valence-electron chi connectivity index (χ2n) is 4.85. The summed E-state index contributed by atoms with van der Waals surface area (Å²) in [6.07, 6.45) is -0.0516. The molecule has 3 aliphatic heterocycles. The Balaban J connectivity index is 1.57. The molecule has 3 fully saturated rings. The Morgan fingerprint density at radius 2 is 1.90 bits per heavy atom. The molecule has 0 amide bonds. The van der Waals surface area contributed by atoms with E-state index < -0.39 is 7.32 Å². The fourth-order valence-electron chi connectivity index (χ4n) is 2.28. The normalized spacial score (nSPS) is 26.8. The van der Waals surface area contributed by atoms with Crippen LogP contribution < -0.4 is 4.74 Å². The highest BCUT2D eigenvalue weighted by Gasteiger charge is 2.32. The van der Waals surface area contributed by atoms with E-state index in [1.165, 1.54) is 0 Å². The fraction of sp³-hybridized carbons (Fsp3) is 0.538. The molecular weight excluding hydrogens is 325 g/mol. The van der Waals surface area contributed by atoms with E-state index in [9.17, 15) is 0 Å². The van der Waals surface area contributed by atoms with Gasteiger partial charge in [0.25, 0.3) is 0 Å². The molecule has 20 heavy (non-hydrogen) atoms. The number of nitrogens with zero attached hydrogens (tertiary/aromatic N) is 1. The van der Waals surface area contributed by atoms with Crippen LogP contribution in [0.2, 0.25) is 0 Å². The molecule has 3 saturated heterocycles. The van der Waals surface area contributed by atoms with Crippen LogP contribution in [0.25, 0.3) is 0 Å². The number of halogens is 1. The summed E-state index contributed by atoms with van der Waals surface area (Å²) in [7, 11) is -0.559. The lowest BCUT2D eigenvalue weighted by molar-refractivity contribution is -0.0321. The number of hydrogen-bond donors (Lipinski definition) is 0. The molecular formula is C13H17BBrNO4. The molecule has 0 N–H and O–H groups in total. The van der Waals surface area contributed by atoms with E-state index in [4.69, 9.17) is 18.7 Å². The molecule has 0 saturated carbocycles. The molecule has 3 heterocycles. The van der Waals surface area contributed by atoms with Crippen molar-refractivity contribution in [3.05, 3.63) is 28.7 Å². The van der Waals surface area contributed by atoms with Gasteiger partial charge in [0, 0.05) is 37.3 Å². The predicted octanol–water partition coefficient (Wildman–Crippen LogP) is 1.56. The highest BCUT2D eigenvalue weighted by molar-refractivity contribution is 9.10. The molecule has 3 aliphatic rings. The largest absolute Gasteiger partial charge is 0.639 e. The number of hydrogen-bond acceptors (Lipinski definition) is 5. The monoisotopic (exact) mass is 341 g/mol. The van der Waals surface area contributed by atoms with Gasteiger partial charge in [-0.1, -0.05) is 15.9 Å². The first kappa shape index (κ1) is 14.3. The van der Waals surface area contributed by atoms with Gasteiger partial charge in [0.2, 0.25) is 0 Å². The van der Waals surface area contributed by atoms with Gasteiger partial charge in [-0.05, 0) is 24.3 Å². The van der Waals surface area contributed by atoms with E-state index >= 15 is 0 Å². The number of benzene rings is 1. The fourth-order valence-corrected chi connectivity index (χ4v) is 2.54. The van der Waals surface area contributed by atoms with Crippen LogP contribution in [0.5, 0.6) is 5.75 Å². The average Bonchev–Trinajstić information content (AvgIpc) is 2.37. The minimum Gasteiger partial charge on any atom is -0.491 e. The van der Waals surface area contributed by atoms with Crippen molar-refractivity contribution in [1.82, 2.24) is 4.90 Å². The van der Waals surface area contributed by atoms with Crippen LogP contribution in [0.4, 0.5) is 0 Å². The zero-order valence-electron chi connectivity index (χ0n) is 11.2. The summed E-state index contributed by atoms with van der Waals surface area (Å²) < 4.78 is 23.6. The second-order valence-corrected chi connectivity index (χ2v) is 5.77. The molecule has 1 aromatic rings. The van der Waals surface area contributed by atoms with Gasteiger partial charge in [-0.15, -0.1) is 0 Å². The van der Waals surface area contributed by atoms with Crippen LogP contribution in [-0.2, 0) is 14.0 Å². The summed E-state index contributed by atoms with van der Waals surface area (Å²) in [5.74, 6) is 0.834.